The predicted octanol–water partition coefficient (Wildman–Crippen LogP) is 0.649. The van der Waals surface area contributed by atoms with Gasteiger partial charge in [-0.25, -0.2) is 4.98 Å². The van der Waals surface area contributed by atoms with Crippen LogP contribution in [0.25, 0.3) is 0 Å². The van der Waals surface area contributed by atoms with Gasteiger partial charge < -0.3 is 10.7 Å². The molecule has 1 atom stereocenters. The lowest BCUT2D eigenvalue weighted by Crippen LogP contribution is -2.32. The molecule has 0 radical (unpaired) electrons. The van der Waals surface area contributed by atoms with Gasteiger partial charge in [-0.2, -0.15) is 0 Å². The van der Waals surface area contributed by atoms with Crippen molar-refractivity contribution < 1.29 is 4.79 Å². The maximum absolute atomic E-state index is 11.3. The number of imidazole rings is 1. The van der Waals surface area contributed by atoms with E-state index in [1.165, 1.54) is 0 Å². The molecule has 0 bridgehead atoms. The quantitative estimate of drug-likeness (QED) is 0.700. The van der Waals surface area contributed by atoms with Crippen LogP contribution in [-0.4, -0.2) is 21.8 Å². The summed E-state index contributed by atoms with van der Waals surface area (Å²) in [6.07, 6.45) is 5.26. The van der Waals surface area contributed by atoms with Crippen LogP contribution >= 0.6 is 0 Å². The third-order valence-electron chi connectivity index (χ3n) is 1.90. The van der Waals surface area contributed by atoms with Gasteiger partial charge in [0, 0.05) is 24.7 Å². The number of carbonyl (C=O) groups is 1. The normalized spacial score (nSPS) is 12.8. The number of hydrogen-bond donors (Lipinski definition) is 2. The van der Waals surface area contributed by atoms with Crippen LogP contribution in [0.3, 0.4) is 0 Å². The Morgan fingerprint density at radius 2 is 2.54 bits per heavy atom. The highest BCUT2D eigenvalue weighted by atomic mass is 16.1. The summed E-state index contributed by atoms with van der Waals surface area (Å²) in [5.74, 6) is 0.122. The molecule has 0 fully saturated rings. The van der Waals surface area contributed by atoms with Crippen molar-refractivity contribution in [3.8, 4) is 0 Å². The second-order valence-electron chi connectivity index (χ2n) is 3.10. The Labute approximate surface area is 77.6 Å². The highest BCUT2D eigenvalue weighted by Crippen LogP contribution is 2.00. The molecule has 72 valence electrons. The molecule has 1 aromatic heterocycles. The molecule has 1 rings (SSSR count). The minimum atomic E-state index is -0.389. The molecular weight excluding hydrogens is 166 g/mol. The molecule has 1 unspecified atom stereocenters. The number of hydrogen-bond acceptors (Lipinski definition) is 3. The number of Topliss-reactive ketones (excluding diaryl/α,β-unsaturated/α-hetero) is 1. The molecule has 0 saturated carbocycles. The second kappa shape index (κ2) is 4.77. The fraction of sp³-hybridized carbons (Fsp3) is 0.556. The van der Waals surface area contributed by atoms with Gasteiger partial charge >= 0.3 is 0 Å². The molecule has 4 nitrogen and oxygen atoms in total. The Morgan fingerprint density at radius 1 is 1.77 bits per heavy atom. The van der Waals surface area contributed by atoms with Crippen LogP contribution in [0.1, 0.15) is 25.5 Å². The first-order valence-corrected chi connectivity index (χ1v) is 4.49. The van der Waals surface area contributed by atoms with Gasteiger partial charge in [-0.1, -0.05) is 6.92 Å². The van der Waals surface area contributed by atoms with E-state index in [-0.39, 0.29) is 11.8 Å². The lowest BCUT2D eigenvalue weighted by atomic mass is 10.0. The van der Waals surface area contributed by atoms with Crippen molar-refractivity contribution in [2.24, 2.45) is 5.73 Å². The van der Waals surface area contributed by atoms with E-state index in [1.54, 1.807) is 12.5 Å². The molecule has 4 heteroatoms. The lowest BCUT2D eigenvalue weighted by Gasteiger charge is -2.07. The van der Waals surface area contributed by atoms with Gasteiger partial charge in [0.2, 0.25) is 0 Å². The van der Waals surface area contributed by atoms with Crippen molar-refractivity contribution in [2.75, 3.05) is 0 Å². The van der Waals surface area contributed by atoms with Gasteiger partial charge in [-0.3, -0.25) is 4.79 Å². The maximum Gasteiger partial charge on any atom is 0.149 e. The van der Waals surface area contributed by atoms with Crippen LogP contribution < -0.4 is 5.73 Å². The number of rotatable bonds is 5. The molecule has 1 heterocycles. The Kier molecular flexibility index (Phi) is 3.64. The van der Waals surface area contributed by atoms with E-state index in [4.69, 9.17) is 5.73 Å². The summed E-state index contributed by atoms with van der Waals surface area (Å²) in [5, 5.41) is 0. The molecule has 0 aliphatic rings. The zero-order chi connectivity index (χ0) is 9.68. The summed E-state index contributed by atoms with van der Waals surface area (Å²) in [5.41, 5.74) is 6.61. The summed E-state index contributed by atoms with van der Waals surface area (Å²) >= 11 is 0. The second-order valence-corrected chi connectivity index (χ2v) is 3.10. The molecule has 3 N–H and O–H groups in total. The lowest BCUT2D eigenvalue weighted by molar-refractivity contribution is -0.120. The largest absolute Gasteiger partial charge is 0.348 e. The first-order chi connectivity index (χ1) is 6.24. The van der Waals surface area contributed by atoms with Crippen molar-refractivity contribution in [3.63, 3.8) is 0 Å². The van der Waals surface area contributed by atoms with E-state index in [9.17, 15) is 4.79 Å². The third-order valence-corrected chi connectivity index (χ3v) is 1.90. The van der Waals surface area contributed by atoms with Gasteiger partial charge in [0.1, 0.15) is 5.78 Å². The smallest absolute Gasteiger partial charge is 0.149 e. The fourth-order valence-electron chi connectivity index (χ4n) is 1.18. The Bertz CT molecular complexity index is 256. The van der Waals surface area contributed by atoms with Crippen LogP contribution in [0.5, 0.6) is 0 Å². The minimum absolute atomic E-state index is 0.122. The summed E-state index contributed by atoms with van der Waals surface area (Å²) in [6, 6.07) is -0.389. The summed E-state index contributed by atoms with van der Waals surface area (Å²) < 4.78 is 0. The first kappa shape index (κ1) is 9.92. The van der Waals surface area contributed by atoms with Gasteiger partial charge in [0.05, 0.1) is 12.4 Å². The molecule has 0 spiro atoms. The monoisotopic (exact) mass is 181 g/mol. The van der Waals surface area contributed by atoms with E-state index >= 15 is 0 Å². The van der Waals surface area contributed by atoms with Crippen molar-refractivity contribution in [3.05, 3.63) is 18.2 Å². The summed E-state index contributed by atoms with van der Waals surface area (Å²) in [7, 11) is 0. The van der Waals surface area contributed by atoms with Crippen LogP contribution in [0, 0.1) is 0 Å². The SMILES string of the molecule is CCCC(=O)C(N)Cc1cnc[nH]1. The molecule has 0 amide bonds. The van der Waals surface area contributed by atoms with E-state index in [2.05, 4.69) is 9.97 Å². The molecule has 0 aliphatic heterocycles. The average molecular weight is 181 g/mol. The highest BCUT2D eigenvalue weighted by Gasteiger charge is 2.13. The number of aromatic nitrogens is 2. The Morgan fingerprint density at radius 3 is 3.08 bits per heavy atom. The third kappa shape index (κ3) is 2.99. The molecule has 0 aromatic carbocycles. The van der Waals surface area contributed by atoms with E-state index in [0.717, 1.165) is 12.1 Å². The Hall–Kier alpha value is -1.16. The van der Waals surface area contributed by atoms with Crippen molar-refractivity contribution in [2.45, 2.75) is 32.2 Å². The first-order valence-electron chi connectivity index (χ1n) is 4.49. The number of aromatic amines is 1. The zero-order valence-electron chi connectivity index (χ0n) is 7.79. The van der Waals surface area contributed by atoms with Crippen LogP contribution in [0.4, 0.5) is 0 Å². The summed E-state index contributed by atoms with van der Waals surface area (Å²) in [4.78, 5) is 18.1. The van der Waals surface area contributed by atoms with Crippen molar-refractivity contribution in [1.29, 1.82) is 0 Å². The van der Waals surface area contributed by atoms with Crippen LogP contribution in [0.2, 0.25) is 0 Å². The van der Waals surface area contributed by atoms with E-state index in [1.807, 2.05) is 6.92 Å². The van der Waals surface area contributed by atoms with Crippen molar-refractivity contribution >= 4 is 5.78 Å². The van der Waals surface area contributed by atoms with Gasteiger partial charge in [-0.15, -0.1) is 0 Å². The fourth-order valence-corrected chi connectivity index (χ4v) is 1.18. The predicted molar refractivity (Wildman–Crippen MR) is 50.2 cm³/mol. The summed E-state index contributed by atoms with van der Waals surface area (Å²) in [6.45, 7) is 1.97. The maximum atomic E-state index is 11.3. The average Bonchev–Trinajstić information content (AvgIpc) is 2.57. The molecule has 1 aromatic rings. The number of nitrogens with two attached hydrogens (primary N) is 1. The number of carbonyl (C=O) groups excluding carboxylic acids is 1. The molecule has 0 saturated heterocycles. The van der Waals surface area contributed by atoms with Crippen LogP contribution in [-0.2, 0) is 11.2 Å². The Balaban J connectivity index is 2.41. The topological polar surface area (TPSA) is 71.8 Å². The van der Waals surface area contributed by atoms with Gasteiger partial charge in [0.25, 0.3) is 0 Å². The number of H-pyrrole nitrogens is 1. The number of nitrogens with one attached hydrogen (secondary N) is 1. The minimum Gasteiger partial charge on any atom is -0.348 e. The molecular formula is C9H15N3O. The number of ketones is 1. The molecule has 13 heavy (non-hydrogen) atoms. The highest BCUT2D eigenvalue weighted by molar-refractivity contribution is 5.83. The van der Waals surface area contributed by atoms with E-state index in [0.29, 0.717) is 12.8 Å². The molecule has 0 aliphatic carbocycles. The van der Waals surface area contributed by atoms with Gasteiger partial charge in [-0.05, 0) is 6.42 Å². The van der Waals surface area contributed by atoms with Crippen LogP contribution in [0.15, 0.2) is 12.5 Å². The zero-order valence-corrected chi connectivity index (χ0v) is 7.79. The standard InChI is InChI=1S/C9H15N3O/c1-2-3-9(13)8(10)4-7-5-11-6-12-7/h5-6,8H,2-4,10H2,1H3,(H,11,12). The van der Waals surface area contributed by atoms with Gasteiger partial charge in [0.15, 0.2) is 0 Å². The number of nitrogens with zero attached hydrogens (tertiary/aromatic N) is 1. The van der Waals surface area contributed by atoms with E-state index < -0.39 is 0 Å². The van der Waals surface area contributed by atoms with Crippen molar-refractivity contribution in [1.82, 2.24) is 9.97 Å².